The van der Waals surface area contributed by atoms with Crippen LogP contribution in [0.15, 0.2) is 108 Å². The molecule has 0 heterocycles. The number of halogens is 2. The van der Waals surface area contributed by atoms with E-state index in [4.69, 9.17) is 27.9 Å². The summed E-state index contributed by atoms with van der Waals surface area (Å²) in [5.74, 6) is -0.716. The number of hydrogen-bond donors (Lipinski definition) is 1. The topological polar surface area (TPSA) is 96.0 Å². The lowest BCUT2D eigenvalue weighted by molar-refractivity contribution is -0.140. The third-order valence-electron chi connectivity index (χ3n) is 7.18. The van der Waals surface area contributed by atoms with E-state index in [-0.39, 0.29) is 41.8 Å². The van der Waals surface area contributed by atoms with Crippen LogP contribution in [-0.4, -0.2) is 49.9 Å². The fraction of sp³-hybridized carbons (Fsp3) is 0.278. The third-order valence-corrected chi connectivity index (χ3v) is 9.58. The van der Waals surface area contributed by atoms with Crippen molar-refractivity contribution in [3.8, 4) is 5.75 Å². The molecule has 0 spiro atoms. The lowest BCUT2D eigenvalue weighted by atomic mass is 10.0. The van der Waals surface area contributed by atoms with Crippen LogP contribution in [0, 0.1) is 0 Å². The van der Waals surface area contributed by atoms with Gasteiger partial charge in [0.2, 0.25) is 11.8 Å². The van der Waals surface area contributed by atoms with E-state index in [0.717, 1.165) is 9.87 Å². The number of ether oxygens (including phenoxy) is 1. The minimum absolute atomic E-state index is 0.0461. The highest BCUT2D eigenvalue weighted by molar-refractivity contribution is 7.92. The summed E-state index contributed by atoms with van der Waals surface area (Å²) in [5, 5.41) is 3.79. The molecule has 47 heavy (non-hydrogen) atoms. The molecule has 2 amide bonds. The molecule has 0 bridgehead atoms. The summed E-state index contributed by atoms with van der Waals surface area (Å²) in [6.07, 6.45) is 0.179. The van der Waals surface area contributed by atoms with Gasteiger partial charge in [-0.25, -0.2) is 8.42 Å². The first-order valence-electron chi connectivity index (χ1n) is 15.2. The second-order valence-electron chi connectivity index (χ2n) is 11.9. The van der Waals surface area contributed by atoms with Gasteiger partial charge in [-0.2, -0.15) is 0 Å². The minimum Gasteiger partial charge on any atom is -0.492 e. The van der Waals surface area contributed by atoms with E-state index in [1.54, 1.807) is 55.5 Å². The van der Waals surface area contributed by atoms with Crippen LogP contribution in [0.2, 0.25) is 10.0 Å². The average Bonchev–Trinajstić information content (AvgIpc) is 3.02. The van der Waals surface area contributed by atoms with E-state index in [1.807, 2.05) is 51.1 Å². The molecule has 4 rings (SSSR count). The first kappa shape index (κ1) is 35.8. The zero-order valence-corrected chi connectivity index (χ0v) is 29.1. The fourth-order valence-corrected chi connectivity index (χ4v) is 6.75. The van der Waals surface area contributed by atoms with Gasteiger partial charge in [0.15, 0.2) is 0 Å². The van der Waals surface area contributed by atoms with E-state index in [9.17, 15) is 18.0 Å². The van der Waals surface area contributed by atoms with Crippen molar-refractivity contribution in [1.29, 1.82) is 0 Å². The van der Waals surface area contributed by atoms with Gasteiger partial charge in [-0.15, -0.1) is 0 Å². The summed E-state index contributed by atoms with van der Waals surface area (Å²) in [4.78, 5) is 30.0. The van der Waals surface area contributed by atoms with E-state index in [2.05, 4.69) is 5.32 Å². The summed E-state index contributed by atoms with van der Waals surface area (Å²) >= 11 is 12.7. The lowest BCUT2D eigenvalue weighted by Crippen LogP contribution is -2.56. The number of hydrogen-bond acceptors (Lipinski definition) is 5. The van der Waals surface area contributed by atoms with Crippen LogP contribution in [-0.2, 0) is 32.6 Å². The molecule has 0 radical (unpaired) electrons. The Hall–Kier alpha value is -4.05. The van der Waals surface area contributed by atoms with Gasteiger partial charge in [0, 0.05) is 28.5 Å². The molecule has 0 fully saturated rings. The normalized spacial score (nSPS) is 12.2. The summed E-state index contributed by atoms with van der Waals surface area (Å²) in [5.41, 5.74) is 0.997. The maximum atomic E-state index is 14.7. The van der Waals surface area contributed by atoms with E-state index < -0.39 is 34.1 Å². The Bertz CT molecular complexity index is 1780. The number of anilines is 1. The zero-order chi connectivity index (χ0) is 34.2. The first-order valence-corrected chi connectivity index (χ1v) is 17.4. The molecular weight excluding hydrogens is 657 g/mol. The third kappa shape index (κ3) is 9.50. The smallest absolute Gasteiger partial charge is 0.264 e. The van der Waals surface area contributed by atoms with E-state index in [0.29, 0.717) is 15.6 Å². The molecule has 0 aliphatic carbocycles. The number of benzene rings is 4. The molecule has 1 unspecified atom stereocenters. The number of para-hydroxylation sites is 2. The Labute approximate surface area is 287 Å². The van der Waals surface area contributed by atoms with E-state index in [1.165, 1.54) is 29.2 Å². The monoisotopic (exact) mass is 695 g/mol. The molecule has 0 saturated carbocycles. The van der Waals surface area contributed by atoms with Crippen molar-refractivity contribution < 1.29 is 22.7 Å². The Morgan fingerprint density at radius 2 is 1.47 bits per heavy atom. The highest BCUT2D eigenvalue weighted by atomic mass is 35.5. The van der Waals surface area contributed by atoms with Crippen LogP contribution in [0.4, 0.5) is 5.69 Å². The number of nitrogens with zero attached hydrogens (tertiary/aromatic N) is 2. The molecule has 0 aromatic heterocycles. The van der Waals surface area contributed by atoms with Crippen molar-refractivity contribution in [2.24, 2.45) is 0 Å². The van der Waals surface area contributed by atoms with Gasteiger partial charge in [0.25, 0.3) is 10.0 Å². The average molecular weight is 697 g/mol. The van der Waals surface area contributed by atoms with Crippen LogP contribution in [0.25, 0.3) is 0 Å². The summed E-state index contributed by atoms with van der Waals surface area (Å²) in [6, 6.07) is 27.7. The number of rotatable bonds is 13. The standard InChI is InChI=1S/C36H39Cl2N3O5S/c1-5-46-33-18-12-11-17-31(33)41(47(44,45)29-21-19-28(37)20-22-29)25-34(42)40(24-27-15-9-10-16-30(27)38)32(35(43)39-36(2,3)4)23-26-13-7-6-8-14-26/h6-22,32H,5,23-25H2,1-4H3,(H,39,43). The van der Waals surface area contributed by atoms with Crippen molar-refractivity contribution >= 4 is 50.7 Å². The van der Waals surface area contributed by atoms with Crippen LogP contribution in [0.5, 0.6) is 5.75 Å². The van der Waals surface area contributed by atoms with Gasteiger partial charge in [0.05, 0.1) is 17.2 Å². The maximum absolute atomic E-state index is 14.7. The van der Waals surface area contributed by atoms with Crippen molar-refractivity contribution in [2.75, 3.05) is 17.5 Å². The molecule has 4 aromatic rings. The van der Waals surface area contributed by atoms with Gasteiger partial charge in [-0.3, -0.25) is 13.9 Å². The quantitative estimate of drug-likeness (QED) is 0.160. The Morgan fingerprint density at radius 1 is 0.851 bits per heavy atom. The van der Waals surface area contributed by atoms with Gasteiger partial charge in [0.1, 0.15) is 18.3 Å². The highest BCUT2D eigenvalue weighted by Crippen LogP contribution is 2.33. The van der Waals surface area contributed by atoms with Crippen molar-refractivity contribution in [2.45, 2.75) is 57.1 Å². The molecule has 248 valence electrons. The Morgan fingerprint density at radius 3 is 2.11 bits per heavy atom. The molecule has 0 aliphatic rings. The molecule has 0 saturated heterocycles. The predicted octanol–water partition coefficient (Wildman–Crippen LogP) is 7.14. The minimum atomic E-state index is -4.33. The maximum Gasteiger partial charge on any atom is 0.264 e. The molecule has 8 nitrogen and oxygen atoms in total. The summed E-state index contributed by atoms with van der Waals surface area (Å²) < 4.78 is 35.4. The zero-order valence-electron chi connectivity index (χ0n) is 26.8. The van der Waals surface area contributed by atoms with Gasteiger partial charge >= 0.3 is 0 Å². The number of sulfonamides is 1. The second kappa shape index (κ2) is 15.7. The van der Waals surface area contributed by atoms with Crippen molar-refractivity contribution in [3.63, 3.8) is 0 Å². The number of carbonyl (C=O) groups excluding carboxylic acids is 2. The SMILES string of the molecule is CCOc1ccccc1N(CC(=O)N(Cc1ccccc1Cl)C(Cc1ccccc1)C(=O)NC(C)(C)C)S(=O)(=O)c1ccc(Cl)cc1. The number of amides is 2. The first-order chi connectivity index (χ1) is 22.3. The molecule has 1 atom stereocenters. The van der Waals surface area contributed by atoms with Crippen LogP contribution in [0.1, 0.15) is 38.8 Å². The molecular formula is C36H39Cl2N3O5S. The van der Waals surface area contributed by atoms with Crippen LogP contribution in [0.3, 0.4) is 0 Å². The summed E-state index contributed by atoms with van der Waals surface area (Å²) in [6.45, 7) is 6.95. The Kier molecular flexibility index (Phi) is 12.0. The van der Waals surface area contributed by atoms with Gasteiger partial charge < -0.3 is 15.0 Å². The fourth-order valence-electron chi connectivity index (χ4n) is 5.00. The van der Waals surface area contributed by atoms with Crippen LogP contribution < -0.4 is 14.4 Å². The Balaban J connectivity index is 1.86. The highest BCUT2D eigenvalue weighted by Gasteiger charge is 2.36. The van der Waals surface area contributed by atoms with Crippen molar-refractivity contribution in [3.05, 3.63) is 124 Å². The van der Waals surface area contributed by atoms with Crippen molar-refractivity contribution in [1.82, 2.24) is 10.2 Å². The summed E-state index contributed by atoms with van der Waals surface area (Å²) in [7, 11) is -4.33. The largest absolute Gasteiger partial charge is 0.492 e. The second-order valence-corrected chi connectivity index (χ2v) is 14.6. The van der Waals surface area contributed by atoms with Crippen LogP contribution >= 0.6 is 23.2 Å². The van der Waals surface area contributed by atoms with E-state index >= 15 is 0 Å². The lowest BCUT2D eigenvalue weighted by Gasteiger charge is -2.35. The molecule has 1 N–H and O–H groups in total. The molecule has 0 aliphatic heterocycles. The van der Waals surface area contributed by atoms with Gasteiger partial charge in [-0.1, -0.05) is 83.9 Å². The van der Waals surface area contributed by atoms with Gasteiger partial charge in [-0.05, 0) is 81.3 Å². The molecule has 11 heteroatoms. The molecule has 4 aromatic carbocycles. The number of nitrogens with one attached hydrogen (secondary N) is 1. The predicted molar refractivity (Wildman–Crippen MR) is 187 cm³/mol. The number of carbonyl (C=O) groups is 2.